The minimum Gasteiger partial charge on any atom is -0.486 e. The van der Waals surface area contributed by atoms with Gasteiger partial charge in [0, 0.05) is 44.7 Å². The lowest BCUT2D eigenvalue weighted by atomic mass is 10.1. The second-order valence-corrected chi connectivity index (χ2v) is 6.80. The monoisotopic (exact) mass is 375 g/mol. The van der Waals surface area contributed by atoms with Crippen LogP contribution in [0.2, 0.25) is 0 Å². The quantitative estimate of drug-likeness (QED) is 0.795. The number of amides is 2. The topological polar surface area (TPSA) is 88.2 Å². The van der Waals surface area contributed by atoms with Crippen molar-refractivity contribution in [3.63, 3.8) is 0 Å². The number of benzene rings is 1. The summed E-state index contributed by atoms with van der Waals surface area (Å²) in [6.45, 7) is 8.16. The number of rotatable bonds is 4. The Balaban J connectivity index is 1.71. The van der Waals surface area contributed by atoms with Gasteiger partial charge in [0.25, 0.3) is 0 Å². The number of carbonyl (C=O) groups is 3. The van der Waals surface area contributed by atoms with Crippen LogP contribution >= 0.6 is 0 Å². The number of hydrogen-bond donors (Lipinski definition) is 1. The molecule has 0 bridgehead atoms. The lowest BCUT2D eigenvalue weighted by Crippen LogP contribution is -2.53. The van der Waals surface area contributed by atoms with E-state index in [1.54, 1.807) is 24.0 Å². The lowest BCUT2D eigenvalue weighted by molar-refractivity contribution is -0.131. The van der Waals surface area contributed by atoms with Gasteiger partial charge in [-0.2, -0.15) is 0 Å². The number of Topliss-reactive ketones (excluding diaryl/α,β-unsaturated/α-hetero) is 1. The normalized spacial score (nSPS) is 18.0. The number of piperazine rings is 1. The van der Waals surface area contributed by atoms with Crippen LogP contribution < -0.4 is 14.8 Å². The number of nitrogens with zero attached hydrogens (tertiary/aromatic N) is 2. The minimum absolute atomic E-state index is 0.0501. The third-order valence-corrected chi connectivity index (χ3v) is 5.01. The summed E-state index contributed by atoms with van der Waals surface area (Å²) in [6, 6.07) is 2.87. The molecule has 0 aromatic heterocycles. The summed E-state index contributed by atoms with van der Waals surface area (Å²) >= 11 is 0. The van der Waals surface area contributed by atoms with Gasteiger partial charge in [0.15, 0.2) is 17.3 Å². The summed E-state index contributed by atoms with van der Waals surface area (Å²) in [5.41, 5.74) is 0.812. The highest BCUT2D eigenvalue weighted by Gasteiger charge is 2.27. The van der Waals surface area contributed by atoms with Crippen LogP contribution in [-0.4, -0.2) is 72.8 Å². The highest BCUT2D eigenvalue weighted by atomic mass is 16.6. The molecule has 3 rings (SSSR count). The van der Waals surface area contributed by atoms with Crippen LogP contribution in [0, 0.1) is 0 Å². The van der Waals surface area contributed by atoms with E-state index in [4.69, 9.17) is 9.47 Å². The van der Waals surface area contributed by atoms with Crippen molar-refractivity contribution in [2.45, 2.75) is 26.8 Å². The van der Waals surface area contributed by atoms with Crippen LogP contribution in [0.3, 0.4) is 0 Å². The molecule has 0 radical (unpaired) electrons. The van der Waals surface area contributed by atoms with Crippen molar-refractivity contribution in [3.8, 4) is 11.5 Å². The van der Waals surface area contributed by atoms with E-state index in [2.05, 4.69) is 5.32 Å². The first-order valence-electron chi connectivity index (χ1n) is 9.12. The van der Waals surface area contributed by atoms with Crippen molar-refractivity contribution in [1.29, 1.82) is 0 Å². The van der Waals surface area contributed by atoms with E-state index in [-0.39, 0.29) is 23.6 Å². The zero-order valence-electron chi connectivity index (χ0n) is 15.9. The van der Waals surface area contributed by atoms with Crippen molar-refractivity contribution >= 4 is 23.3 Å². The first-order chi connectivity index (χ1) is 12.9. The molecule has 146 valence electrons. The van der Waals surface area contributed by atoms with Crippen LogP contribution in [0.5, 0.6) is 11.5 Å². The average molecular weight is 375 g/mol. The highest BCUT2D eigenvalue weighted by molar-refractivity contribution is 6.05. The summed E-state index contributed by atoms with van der Waals surface area (Å²) in [6.07, 6.45) is 0. The number of nitrogens with one attached hydrogen (secondary N) is 1. The molecule has 0 spiro atoms. The predicted molar refractivity (Wildman–Crippen MR) is 99.4 cm³/mol. The molecule has 27 heavy (non-hydrogen) atoms. The fourth-order valence-electron chi connectivity index (χ4n) is 3.31. The maximum atomic E-state index is 12.8. The Morgan fingerprint density at radius 2 is 1.59 bits per heavy atom. The number of anilines is 1. The van der Waals surface area contributed by atoms with Gasteiger partial charge >= 0.3 is 0 Å². The Labute approximate surface area is 158 Å². The standard InChI is InChI=1S/C19H25N3O5/c1-12(21-4-6-22(7-5-21)14(3)24)19(25)20-16-11-18-17(26-8-9-27-18)10-15(16)13(2)23/h10-12H,4-9H2,1-3H3,(H,20,25). The van der Waals surface area contributed by atoms with Gasteiger partial charge in [0.2, 0.25) is 11.8 Å². The van der Waals surface area contributed by atoms with E-state index < -0.39 is 0 Å². The van der Waals surface area contributed by atoms with Crippen LogP contribution in [0.25, 0.3) is 0 Å². The molecule has 0 aliphatic carbocycles. The van der Waals surface area contributed by atoms with Gasteiger partial charge in [-0.05, 0) is 19.9 Å². The minimum atomic E-state index is -0.382. The summed E-state index contributed by atoms with van der Waals surface area (Å²) in [7, 11) is 0. The zero-order chi connectivity index (χ0) is 19.6. The average Bonchev–Trinajstić information content (AvgIpc) is 2.66. The van der Waals surface area contributed by atoms with Crippen molar-refractivity contribution in [3.05, 3.63) is 17.7 Å². The molecule has 2 amide bonds. The van der Waals surface area contributed by atoms with E-state index in [9.17, 15) is 14.4 Å². The summed E-state index contributed by atoms with van der Waals surface area (Å²) < 4.78 is 11.1. The van der Waals surface area contributed by atoms with E-state index >= 15 is 0 Å². The summed E-state index contributed by atoms with van der Waals surface area (Å²) in [5, 5.41) is 2.86. The molecule has 1 fully saturated rings. The maximum Gasteiger partial charge on any atom is 0.241 e. The molecular weight excluding hydrogens is 350 g/mol. The highest BCUT2D eigenvalue weighted by Crippen LogP contribution is 2.36. The first kappa shape index (κ1) is 19.2. The second-order valence-electron chi connectivity index (χ2n) is 6.80. The van der Waals surface area contributed by atoms with Crippen molar-refractivity contribution < 1.29 is 23.9 Å². The SMILES string of the molecule is CC(=O)c1cc2c(cc1NC(=O)C(C)N1CCN(C(C)=O)CC1)OCCO2. The first-order valence-corrected chi connectivity index (χ1v) is 9.12. The molecule has 2 aliphatic heterocycles. The van der Waals surface area contributed by atoms with Crippen LogP contribution in [0.1, 0.15) is 31.1 Å². The Morgan fingerprint density at radius 1 is 1.00 bits per heavy atom. The molecule has 1 aromatic carbocycles. The largest absolute Gasteiger partial charge is 0.486 e. The van der Waals surface area contributed by atoms with Gasteiger partial charge in [-0.25, -0.2) is 0 Å². The Hall–Kier alpha value is -2.61. The molecular formula is C19H25N3O5. The lowest BCUT2D eigenvalue weighted by Gasteiger charge is -2.37. The molecule has 2 aliphatic rings. The third-order valence-electron chi connectivity index (χ3n) is 5.01. The van der Waals surface area contributed by atoms with E-state index in [1.807, 2.05) is 11.8 Å². The fraction of sp³-hybridized carbons (Fsp3) is 0.526. The zero-order valence-corrected chi connectivity index (χ0v) is 15.9. The molecule has 1 unspecified atom stereocenters. The van der Waals surface area contributed by atoms with Gasteiger partial charge in [-0.3, -0.25) is 19.3 Å². The number of carbonyl (C=O) groups excluding carboxylic acids is 3. The number of hydrogen-bond acceptors (Lipinski definition) is 6. The smallest absolute Gasteiger partial charge is 0.241 e. The molecule has 0 saturated carbocycles. The second kappa shape index (κ2) is 7.96. The Morgan fingerprint density at radius 3 is 2.15 bits per heavy atom. The van der Waals surface area contributed by atoms with E-state index in [1.165, 1.54) is 6.92 Å². The molecule has 1 aromatic rings. The molecule has 8 nitrogen and oxygen atoms in total. The molecule has 1 atom stereocenters. The Kier molecular flexibility index (Phi) is 5.65. The third kappa shape index (κ3) is 4.21. The van der Waals surface area contributed by atoms with Gasteiger partial charge in [-0.15, -0.1) is 0 Å². The van der Waals surface area contributed by atoms with Gasteiger partial charge in [0.05, 0.1) is 11.7 Å². The van der Waals surface area contributed by atoms with Crippen LogP contribution in [-0.2, 0) is 9.59 Å². The summed E-state index contributed by atoms with van der Waals surface area (Å²) in [4.78, 5) is 40.0. The van der Waals surface area contributed by atoms with Crippen LogP contribution in [0.15, 0.2) is 12.1 Å². The van der Waals surface area contributed by atoms with E-state index in [0.717, 1.165) is 0 Å². The van der Waals surface area contributed by atoms with Crippen molar-refractivity contribution in [2.75, 3.05) is 44.7 Å². The van der Waals surface area contributed by atoms with Gasteiger partial charge < -0.3 is 19.7 Å². The fourth-order valence-corrected chi connectivity index (χ4v) is 3.31. The van der Waals surface area contributed by atoms with Crippen molar-refractivity contribution in [1.82, 2.24) is 9.80 Å². The van der Waals surface area contributed by atoms with Gasteiger partial charge in [0.1, 0.15) is 13.2 Å². The maximum absolute atomic E-state index is 12.8. The number of ketones is 1. The predicted octanol–water partition coefficient (Wildman–Crippen LogP) is 1.15. The molecule has 1 saturated heterocycles. The Bertz CT molecular complexity index is 756. The van der Waals surface area contributed by atoms with Gasteiger partial charge in [-0.1, -0.05) is 0 Å². The molecule has 2 heterocycles. The van der Waals surface area contributed by atoms with Crippen LogP contribution in [0.4, 0.5) is 5.69 Å². The van der Waals surface area contributed by atoms with Crippen molar-refractivity contribution in [2.24, 2.45) is 0 Å². The summed E-state index contributed by atoms with van der Waals surface area (Å²) in [5.74, 6) is 0.715. The molecule has 8 heteroatoms. The number of ether oxygens (including phenoxy) is 2. The van der Waals surface area contributed by atoms with E-state index in [0.29, 0.717) is 62.1 Å². The number of fused-ring (bicyclic) bond motifs is 1. The molecule has 1 N–H and O–H groups in total.